The molecule has 5 heteroatoms. The van der Waals surface area contributed by atoms with Crippen LogP contribution in [0.3, 0.4) is 0 Å². The highest BCUT2D eigenvalue weighted by molar-refractivity contribution is 5.78. The Morgan fingerprint density at radius 3 is 2.71 bits per heavy atom. The quantitative estimate of drug-likeness (QED) is 0.724. The average Bonchev–Trinajstić information content (AvgIpc) is 3.16. The monoisotopic (exact) mass is 284 g/mol. The van der Waals surface area contributed by atoms with Gasteiger partial charge in [-0.1, -0.05) is 24.3 Å². The molecule has 0 unspecified atom stereocenters. The predicted octanol–water partition coefficient (Wildman–Crippen LogP) is 1.69. The predicted molar refractivity (Wildman–Crippen MR) is 81.5 cm³/mol. The van der Waals surface area contributed by atoms with Gasteiger partial charge in [0.15, 0.2) is 0 Å². The van der Waals surface area contributed by atoms with E-state index in [1.165, 1.54) is 12.8 Å². The molecule has 0 aliphatic heterocycles. The lowest BCUT2D eigenvalue weighted by molar-refractivity contribution is -0.120. The third kappa shape index (κ3) is 4.16. The number of rotatable bonds is 7. The second kappa shape index (κ2) is 6.54. The average molecular weight is 284 g/mol. The van der Waals surface area contributed by atoms with Crippen LogP contribution in [-0.4, -0.2) is 29.2 Å². The number of nitrogens with zero attached hydrogens (tertiary/aromatic N) is 1. The summed E-state index contributed by atoms with van der Waals surface area (Å²) >= 11 is 0. The van der Waals surface area contributed by atoms with Crippen molar-refractivity contribution in [2.24, 2.45) is 5.92 Å². The van der Waals surface area contributed by atoms with Crippen LogP contribution >= 0.6 is 0 Å². The van der Waals surface area contributed by atoms with E-state index in [-0.39, 0.29) is 5.91 Å². The molecule has 0 bridgehead atoms. The smallest absolute Gasteiger partial charge is 0.234 e. The van der Waals surface area contributed by atoms with Gasteiger partial charge >= 0.3 is 0 Å². The van der Waals surface area contributed by atoms with Crippen LogP contribution in [0.15, 0.2) is 36.5 Å². The van der Waals surface area contributed by atoms with E-state index in [2.05, 4.69) is 20.8 Å². The fourth-order valence-corrected chi connectivity index (χ4v) is 2.19. The van der Waals surface area contributed by atoms with Gasteiger partial charge in [0.1, 0.15) is 0 Å². The van der Waals surface area contributed by atoms with Crippen molar-refractivity contribution >= 4 is 5.91 Å². The van der Waals surface area contributed by atoms with Gasteiger partial charge in [-0.25, -0.2) is 0 Å². The second-order valence-corrected chi connectivity index (χ2v) is 5.52. The Labute approximate surface area is 124 Å². The van der Waals surface area contributed by atoms with Crippen molar-refractivity contribution in [3.8, 4) is 11.3 Å². The van der Waals surface area contributed by atoms with Crippen molar-refractivity contribution < 1.29 is 4.79 Å². The molecule has 0 spiro atoms. The van der Waals surface area contributed by atoms with Crippen molar-refractivity contribution in [3.63, 3.8) is 0 Å². The molecule has 110 valence electrons. The molecule has 0 atom stereocenters. The Morgan fingerprint density at radius 1 is 1.24 bits per heavy atom. The first-order valence-electron chi connectivity index (χ1n) is 7.37. The summed E-state index contributed by atoms with van der Waals surface area (Å²) in [5.74, 6) is 0.848. The van der Waals surface area contributed by atoms with Gasteiger partial charge in [-0.15, -0.1) is 0 Å². The molecule has 3 N–H and O–H groups in total. The van der Waals surface area contributed by atoms with Crippen LogP contribution in [0, 0.1) is 5.92 Å². The Morgan fingerprint density at radius 2 is 2.05 bits per heavy atom. The van der Waals surface area contributed by atoms with Gasteiger partial charge in [-0.05, 0) is 42.5 Å². The van der Waals surface area contributed by atoms with Gasteiger partial charge in [-0.2, -0.15) is 5.10 Å². The number of aromatic nitrogens is 2. The molecule has 1 heterocycles. The van der Waals surface area contributed by atoms with E-state index in [4.69, 9.17) is 0 Å². The first-order chi connectivity index (χ1) is 10.3. The zero-order valence-electron chi connectivity index (χ0n) is 11.9. The maximum absolute atomic E-state index is 11.7. The Bertz CT molecular complexity index is 573. The normalized spacial score (nSPS) is 14.1. The molecule has 1 aromatic heterocycles. The van der Waals surface area contributed by atoms with E-state index in [0.29, 0.717) is 13.1 Å². The minimum Gasteiger partial charge on any atom is -0.351 e. The molecule has 2 aromatic rings. The molecule has 1 aromatic carbocycles. The number of hydrogen-bond donors (Lipinski definition) is 3. The summed E-state index contributed by atoms with van der Waals surface area (Å²) in [5, 5.41) is 13.0. The van der Waals surface area contributed by atoms with Crippen LogP contribution in [0.25, 0.3) is 11.3 Å². The number of hydrogen-bond acceptors (Lipinski definition) is 3. The van der Waals surface area contributed by atoms with E-state index < -0.39 is 0 Å². The first-order valence-corrected chi connectivity index (χ1v) is 7.37. The number of nitrogens with one attached hydrogen (secondary N) is 3. The van der Waals surface area contributed by atoms with Crippen molar-refractivity contribution in [2.45, 2.75) is 19.4 Å². The van der Waals surface area contributed by atoms with Crippen LogP contribution < -0.4 is 10.6 Å². The topological polar surface area (TPSA) is 69.8 Å². The molecule has 5 nitrogen and oxygen atoms in total. The van der Waals surface area contributed by atoms with Crippen LogP contribution in [0.2, 0.25) is 0 Å². The van der Waals surface area contributed by atoms with E-state index in [0.717, 1.165) is 29.3 Å². The molecular weight excluding hydrogens is 264 g/mol. The molecule has 3 rings (SSSR count). The molecule has 1 aliphatic rings. The summed E-state index contributed by atoms with van der Waals surface area (Å²) in [7, 11) is 0. The molecule has 0 saturated heterocycles. The summed E-state index contributed by atoms with van der Waals surface area (Å²) in [6.07, 6.45) is 4.34. The van der Waals surface area contributed by atoms with Crippen molar-refractivity contribution in [1.82, 2.24) is 20.8 Å². The van der Waals surface area contributed by atoms with E-state index in [1.807, 2.05) is 30.3 Å². The molecule has 0 radical (unpaired) electrons. The molecule has 1 aliphatic carbocycles. The van der Waals surface area contributed by atoms with E-state index in [9.17, 15) is 4.79 Å². The minimum atomic E-state index is 0.0493. The summed E-state index contributed by atoms with van der Waals surface area (Å²) in [5.41, 5.74) is 3.18. The number of benzene rings is 1. The van der Waals surface area contributed by atoms with Gasteiger partial charge in [0, 0.05) is 12.7 Å². The van der Waals surface area contributed by atoms with Crippen LogP contribution in [0.5, 0.6) is 0 Å². The van der Waals surface area contributed by atoms with Gasteiger partial charge in [0.2, 0.25) is 5.91 Å². The first kappa shape index (κ1) is 13.8. The highest BCUT2D eigenvalue weighted by Gasteiger charge is 2.20. The SMILES string of the molecule is O=C(CNCC1CC1)NCc1ccc(-c2ccn[nH]2)cc1. The van der Waals surface area contributed by atoms with Crippen molar-refractivity contribution in [3.05, 3.63) is 42.1 Å². The fourth-order valence-electron chi connectivity index (χ4n) is 2.19. The molecular formula is C16H20N4O. The Kier molecular flexibility index (Phi) is 4.31. The van der Waals surface area contributed by atoms with Crippen LogP contribution in [-0.2, 0) is 11.3 Å². The lowest BCUT2D eigenvalue weighted by Crippen LogP contribution is -2.34. The number of amides is 1. The largest absolute Gasteiger partial charge is 0.351 e. The standard InChI is InChI=1S/C16H20N4O/c21-16(11-17-9-12-1-2-12)18-10-13-3-5-14(6-4-13)15-7-8-19-20-15/h3-8,12,17H,1-2,9-11H2,(H,18,21)(H,19,20). The van der Waals surface area contributed by atoms with Crippen LogP contribution in [0.4, 0.5) is 0 Å². The molecule has 21 heavy (non-hydrogen) atoms. The maximum atomic E-state index is 11.7. The molecule has 1 amide bonds. The van der Waals surface area contributed by atoms with Gasteiger partial charge in [0.05, 0.1) is 12.2 Å². The summed E-state index contributed by atoms with van der Waals surface area (Å²) < 4.78 is 0. The highest BCUT2D eigenvalue weighted by Crippen LogP contribution is 2.27. The molecule has 1 fully saturated rings. The number of aromatic amines is 1. The van der Waals surface area contributed by atoms with E-state index in [1.54, 1.807) is 6.20 Å². The lowest BCUT2D eigenvalue weighted by atomic mass is 10.1. The zero-order valence-corrected chi connectivity index (χ0v) is 11.9. The number of carbonyl (C=O) groups excluding carboxylic acids is 1. The Balaban J connectivity index is 1.43. The summed E-state index contributed by atoms with van der Waals surface area (Å²) in [4.78, 5) is 11.7. The van der Waals surface area contributed by atoms with Gasteiger partial charge < -0.3 is 10.6 Å². The number of carbonyl (C=O) groups is 1. The summed E-state index contributed by atoms with van der Waals surface area (Å²) in [6.45, 7) is 1.93. The highest BCUT2D eigenvalue weighted by atomic mass is 16.1. The maximum Gasteiger partial charge on any atom is 0.234 e. The Hall–Kier alpha value is -2.14. The minimum absolute atomic E-state index is 0.0493. The molecule has 1 saturated carbocycles. The third-order valence-corrected chi connectivity index (χ3v) is 3.67. The second-order valence-electron chi connectivity index (χ2n) is 5.52. The van der Waals surface area contributed by atoms with Crippen molar-refractivity contribution in [2.75, 3.05) is 13.1 Å². The number of H-pyrrole nitrogens is 1. The zero-order chi connectivity index (χ0) is 14.5. The van der Waals surface area contributed by atoms with E-state index >= 15 is 0 Å². The summed E-state index contributed by atoms with van der Waals surface area (Å²) in [6, 6.07) is 10.0. The van der Waals surface area contributed by atoms with Gasteiger partial charge in [-0.3, -0.25) is 9.89 Å². The fraction of sp³-hybridized carbons (Fsp3) is 0.375. The lowest BCUT2D eigenvalue weighted by Gasteiger charge is -2.07. The third-order valence-electron chi connectivity index (χ3n) is 3.67. The van der Waals surface area contributed by atoms with Crippen LogP contribution in [0.1, 0.15) is 18.4 Å². The van der Waals surface area contributed by atoms with Crippen molar-refractivity contribution in [1.29, 1.82) is 0 Å². The van der Waals surface area contributed by atoms with Gasteiger partial charge in [0.25, 0.3) is 0 Å².